The van der Waals surface area contributed by atoms with Gasteiger partial charge in [0.05, 0.1) is 0 Å². The van der Waals surface area contributed by atoms with Crippen molar-refractivity contribution in [2.45, 2.75) is 0 Å². The summed E-state index contributed by atoms with van der Waals surface area (Å²) >= 11 is 0. The van der Waals surface area contributed by atoms with Gasteiger partial charge in [0.25, 0.3) is 0 Å². The van der Waals surface area contributed by atoms with Gasteiger partial charge in [-0.15, -0.1) is 0 Å². The topological polar surface area (TPSA) is 13.1 Å². The Kier molecular flexibility index (Phi) is 6.25. The van der Waals surface area contributed by atoms with Crippen LogP contribution in [0.2, 0.25) is 0 Å². The third-order valence-electron chi connectivity index (χ3n) is 10.0. The zero-order valence-corrected chi connectivity index (χ0v) is 26.7. The Bertz CT molecular complexity index is 2820. The van der Waals surface area contributed by atoms with Crippen LogP contribution in [0.4, 0.5) is 0 Å². The highest BCUT2D eigenvalue weighted by atomic mass is 16.3. The highest BCUT2D eigenvalue weighted by Gasteiger charge is 2.18. The van der Waals surface area contributed by atoms with Crippen molar-refractivity contribution in [3.8, 4) is 44.5 Å². The molecule has 10 rings (SSSR count). The minimum atomic E-state index is 0.914. The van der Waals surface area contributed by atoms with E-state index in [9.17, 15) is 0 Å². The van der Waals surface area contributed by atoms with Crippen LogP contribution in [0, 0.1) is 0 Å². The van der Waals surface area contributed by atoms with E-state index in [1.54, 1.807) is 0 Å². The fourth-order valence-electron chi connectivity index (χ4n) is 7.72. The Labute approximate surface area is 284 Å². The zero-order chi connectivity index (χ0) is 32.3. The predicted molar refractivity (Wildman–Crippen MR) is 208 cm³/mol. The van der Waals surface area contributed by atoms with Gasteiger partial charge in [0.2, 0.25) is 0 Å². The average molecular weight is 623 g/mol. The number of furan rings is 1. The second-order valence-electron chi connectivity index (χ2n) is 12.9. The Hall–Kier alpha value is -6.44. The summed E-state index contributed by atoms with van der Waals surface area (Å²) in [6.07, 6.45) is 0. The van der Waals surface area contributed by atoms with Gasteiger partial charge in [-0.1, -0.05) is 146 Å². The normalized spacial score (nSPS) is 11.7. The lowest BCUT2D eigenvalue weighted by Gasteiger charge is -2.18. The fraction of sp³-hybridized carbons (Fsp3) is 0. The van der Waals surface area contributed by atoms with Crippen LogP contribution < -0.4 is 0 Å². The fourth-order valence-corrected chi connectivity index (χ4v) is 7.72. The largest absolute Gasteiger partial charge is 0.456 e. The first-order valence-electron chi connectivity index (χ1n) is 16.8. The van der Waals surface area contributed by atoms with Gasteiger partial charge in [-0.2, -0.15) is 0 Å². The molecule has 0 aliphatic rings. The number of rotatable bonds is 4. The van der Waals surface area contributed by atoms with Gasteiger partial charge in [-0.3, -0.25) is 0 Å². The minimum absolute atomic E-state index is 0.914. The maximum atomic E-state index is 6.34. The van der Waals surface area contributed by atoms with E-state index in [-0.39, 0.29) is 0 Å². The van der Waals surface area contributed by atoms with E-state index >= 15 is 0 Å². The van der Waals surface area contributed by atoms with Gasteiger partial charge in [0, 0.05) is 10.8 Å². The van der Waals surface area contributed by atoms with Crippen molar-refractivity contribution < 1.29 is 4.42 Å². The van der Waals surface area contributed by atoms with Crippen LogP contribution in [-0.4, -0.2) is 0 Å². The minimum Gasteiger partial charge on any atom is -0.456 e. The number of benzene rings is 9. The van der Waals surface area contributed by atoms with E-state index in [1.165, 1.54) is 71.3 Å². The molecule has 1 nitrogen and oxygen atoms in total. The molecule has 0 N–H and O–H groups in total. The predicted octanol–water partition coefficient (Wildman–Crippen LogP) is 13.7. The summed E-state index contributed by atoms with van der Waals surface area (Å²) in [6, 6.07) is 65.8. The Morgan fingerprint density at radius 3 is 1.37 bits per heavy atom. The van der Waals surface area contributed by atoms with E-state index in [4.69, 9.17) is 4.42 Å². The van der Waals surface area contributed by atoms with Crippen molar-refractivity contribution in [3.63, 3.8) is 0 Å². The Balaban J connectivity index is 1.12. The molecule has 228 valence electrons. The lowest BCUT2D eigenvalue weighted by atomic mass is 9.85. The average Bonchev–Trinajstić information content (AvgIpc) is 3.55. The molecule has 1 heteroatoms. The van der Waals surface area contributed by atoms with Crippen molar-refractivity contribution in [3.05, 3.63) is 182 Å². The van der Waals surface area contributed by atoms with Gasteiger partial charge >= 0.3 is 0 Å². The summed E-state index contributed by atoms with van der Waals surface area (Å²) in [5.41, 5.74) is 11.6. The van der Waals surface area contributed by atoms with Crippen LogP contribution in [0.15, 0.2) is 186 Å². The molecule has 0 bridgehead atoms. The summed E-state index contributed by atoms with van der Waals surface area (Å²) in [7, 11) is 0. The SMILES string of the molecule is c1ccc(-c2cccc(-c3ccc4cc(-c5c6ccccc6c(-c6ccc7c(c6)oc6ccccc67)c6ccccc56)ccc4c3)c2)cc1. The Morgan fingerprint density at radius 1 is 0.245 bits per heavy atom. The van der Waals surface area contributed by atoms with Crippen molar-refractivity contribution in [2.24, 2.45) is 0 Å². The monoisotopic (exact) mass is 622 g/mol. The molecule has 0 spiro atoms. The number of hydrogen-bond acceptors (Lipinski definition) is 1. The zero-order valence-electron chi connectivity index (χ0n) is 26.7. The van der Waals surface area contributed by atoms with Crippen molar-refractivity contribution in [1.29, 1.82) is 0 Å². The molecule has 1 aromatic heterocycles. The van der Waals surface area contributed by atoms with Crippen LogP contribution in [0.1, 0.15) is 0 Å². The van der Waals surface area contributed by atoms with Crippen molar-refractivity contribution in [2.75, 3.05) is 0 Å². The molecule has 0 amide bonds. The van der Waals surface area contributed by atoms with Crippen LogP contribution in [0.3, 0.4) is 0 Å². The molecule has 0 aliphatic heterocycles. The molecular weight excluding hydrogens is 593 g/mol. The highest BCUT2D eigenvalue weighted by molar-refractivity contribution is 6.22. The summed E-state index contributed by atoms with van der Waals surface area (Å²) < 4.78 is 6.34. The Morgan fingerprint density at radius 2 is 0.694 bits per heavy atom. The molecule has 1 heterocycles. The summed E-state index contributed by atoms with van der Waals surface area (Å²) in [5.74, 6) is 0. The van der Waals surface area contributed by atoms with E-state index in [0.717, 1.165) is 27.5 Å². The quantitative estimate of drug-likeness (QED) is 0.178. The van der Waals surface area contributed by atoms with E-state index in [0.29, 0.717) is 0 Å². The molecule has 10 aromatic rings. The molecule has 9 aromatic carbocycles. The third-order valence-corrected chi connectivity index (χ3v) is 10.0. The van der Waals surface area contributed by atoms with Crippen LogP contribution in [0.5, 0.6) is 0 Å². The van der Waals surface area contributed by atoms with Crippen molar-refractivity contribution >= 4 is 54.3 Å². The molecular formula is C48H30O. The smallest absolute Gasteiger partial charge is 0.136 e. The van der Waals surface area contributed by atoms with Gasteiger partial charge in [0.15, 0.2) is 0 Å². The lowest BCUT2D eigenvalue weighted by Crippen LogP contribution is -1.91. The molecule has 0 fully saturated rings. The third kappa shape index (κ3) is 4.55. The summed E-state index contributed by atoms with van der Waals surface area (Å²) in [6.45, 7) is 0. The summed E-state index contributed by atoms with van der Waals surface area (Å²) in [4.78, 5) is 0. The lowest BCUT2D eigenvalue weighted by molar-refractivity contribution is 0.669. The first-order valence-corrected chi connectivity index (χ1v) is 16.8. The van der Waals surface area contributed by atoms with E-state index in [2.05, 4.69) is 170 Å². The van der Waals surface area contributed by atoms with Gasteiger partial charge in [-0.25, -0.2) is 0 Å². The molecule has 0 atom stereocenters. The number of hydrogen-bond donors (Lipinski definition) is 0. The second kappa shape index (κ2) is 11.1. The second-order valence-corrected chi connectivity index (χ2v) is 12.9. The number of fused-ring (bicyclic) bond motifs is 6. The highest BCUT2D eigenvalue weighted by Crippen LogP contribution is 2.45. The van der Waals surface area contributed by atoms with Gasteiger partial charge in [-0.05, 0) is 113 Å². The number of para-hydroxylation sites is 1. The molecule has 0 saturated heterocycles. The molecule has 0 saturated carbocycles. The first kappa shape index (κ1) is 27.7. The maximum Gasteiger partial charge on any atom is 0.136 e. The van der Waals surface area contributed by atoms with Crippen LogP contribution in [-0.2, 0) is 0 Å². The standard InChI is InChI=1S/C48H30O/c1-2-11-31(12-3-1)32-13-10-14-33(27-32)34-21-22-36-29-37(24-23-35(36)28-34)47-41-16-4-6-18-43(41)48(44-19-7-5-17-42(44)47)38-25-26-40-39-15-8-9-20-45(39)49-46(40)30-38/h1-30H. The van der Waals surface area contributed by atoms with E-state index < -0.39 is 0 Å². The van der Waals surface area contributed by atoms with Crippen molar-refractivity contribution in [1.82, 2.24) is 0 Å². The molecule has 49 heavy (non-hydrogen) atoms. The van der Waals surface area contributed by atoms with Gasteiger partial charge in [0.1, 0.15) is 11.2 Å². The van der Waals surface area contributed by atoms with Crippen LogP contribution >= 0.6 is 0 Å². The van der Waals surface area contributed by atoms with Gasteiger partial charge < -0.3 is 4.42 Å². The first-order chi connectivity index (χ1) is 24.3. The molecule has 0 aliphatic carbocycles. The molecule has 0 radical (unpaired) electrons. The van der Waals surface area contributed by atoms with Crippen LogP contribution in [0.25, 0.3) is 98.8 Å². The molecule has 0 unspecified atom stereocenters. The maximum absolute atomic E-state index is 6.34. The summed E-state index contributed by atoms with van der Waals surface area (Å²) in [5, 5.41) is 9.72. The van der Waals surface area contributed by atoms with E-state index in [1.807, 2.05) is 12.1 Å².